The Morgan fingerprint density at radius 1 is 1.05 bits per heavy atom. The Balaban J connectivity index is 2.23. The van der Waals surface area contributed by atoms with Crippen LogP contribution in [0.2, 0.25) is 15.1 Å². The average molecular weight is 356 g/mol. The number of benzene rings is 2. The first kappa shape index (κ1) is 15.2. The van der Waals surface area contributed by atoms with E-state index in [2.05, 4.69) is 0 Å². The summed E-state index contributed by atoms with van der Waals surface area (Å²) in [6.45, 7) is 0. The minimum Gasteiger partial charge on any atom is -0.465 e. The van der Waals surface area contributed by atoms with E-state index in [-0.39, 0.29) is 5.56 Å². The van der Waals surface area contributed by atoms with Crippen molar-refractivity contribution in [3.05, 3.63) is 57.0 Å². The third-order valence-corrected chi connectivity index (χ3v) is 3.95. The normalized spacial score (nSPS) is 10.9. The maximum atomic E-state index is 11.9. The van der Waals surface area contributed by atoms with Gasteiger partial charge in [-0.1, -0.05) is 34.8 Å². The number of hydrogen-bond donors (Lipinski definition) is 0. The molecule has 3 rings (SSSR count). The monoisotopic (exact) mass is 354 g/mol. The Labute approximate surface area is 141 Å². The van der Waals surface area contributed by atoms with E-state index in [1.165, 1.54) is 13.2 Å². The van der Waals surface area contributed by atoms with E-state index in [0.717, 1.165) is 0 Å². The van der Waals surface area contributed by atoms with E-state index in [1.54, 1.807) is 30.3 Å². The third-order valence-electron chi connectivity index (χ3n) is 3.18. The summed E-state index contributed by atoms with van der Waals surface area (Å²) in [6, 6.07) is 10.1. The van der Waals surface area contributed by atoms with Crippen molar-refractivity contribution in [3.8, 4) is 11.3 Å². The molecule has 6 heteroatoms. The summed E-state index contributed by atoms with van der Waals surface area (Å²) in [5.41, 5.74) is 1.34. The van der Waals surface area contributed by atoms with Crippen LogP contribution in [-0.2, 0) is 4.74 Å². The van der Waals surface area contributed by atoms with E-state index in [4.69, 9.17) is 44.0 Å². The van der Waals surface area contributed by atoms with Gasteiger partial charge in [-0.2, -0.15) is 0 Å². The zero-order chi connectivity index (χ0) is 15.9. The first-order valence-electron chi connectivity index (χ1n) is 6.26. The maximum absolute atomic E-state index is 11.9. The van der Waals surface area contributed by atoms with Gasteiger partial charge in [0.15, 0.2) is 0 Å². The molecule has 0 amide bonds. The zero-order valence-electron chi connectivity index (χ0n) is 11.3. The van der Waals surface area contributed by atoms with Gasteiger partial charge in [0.05, 0.1) is 12.1 Å². The molecule has 22 heavy (non-hydrogen) atoms. The van der Waals surface area contributed by atoms with Crippen LogP contribution in [0.15, 0.2) is 40.8 Å². The second kappa shape index (κ2) is 5.84. The zero-order valence-corrected chi connectivity index (χ0v) is 13.6. The lowest BCUT2D eigenvalue weighted by Gasteiger charge is -2.02. The molecule has 0 unspecified atom stereocenters. The van der Waals surface area contributed by atoms with Crippen LogP contribution >= 0.6 is 34.8 Å². The topological polar surface area (TPSA) is 39.4 Å². The lowest BCUT2D eigenvalue weighted by atomic mass is 10.1. The summed E-state index contributed by atoms with van der Waals surface area (Å²) in [5.74, 6) is -0.000288. The molecule has 0 atom stereocenters. The molecule has 3 aromatic rings. The number of ether oxygens (including phenoxy) is 1. The Hall–Kier alpha value is -1.68. The summed E-state index contributed by atoms with van der Waals surface area (Å²) in [6.07, 6.45) is 0. The Morgan fingerprint density at radius 3 is 2.50 bits per heavy atom. The van der Waals surface area contributed by atoms with E-state index in [1.807, 2.05) is 0 Å². The molecule has 0 aliphatic rings. The highest BCUT2D eigenvalue weighted by Crippen LogP contribution is 2.36. The smallest absolute Gasteiger partial charge is 0.341 e. The number of carbonyl (C=O) groups is 1. The third kappa shape index (κ3) is 2.68. The second-order valence-corrected chi connectivity index (χ2v) is 5.88. The van der Waals surface area contributed by atoms with Gasteiger partial charge < -0.3 is 9.15 Å². The molecule has 0 fully saturated rings. The number of methoxy groups -OCH3 is 1. The van der Waals surface area contributed by atoms with Crippen LogP contribution in [-0.4, -0.2) is 13.1 Å². The van der Waals surface area contributed by atoms with Crippen molar-refractivity contribution in [3.63, 3.8) is 0 Å². The minimum atomic E-state index is -0.518. The van der Waals surface area contributed by atoms with E-state index < -0.39 is 5.97 Å². The van der Waals surface area contributed by atoms with Crippen LogP contribution in [0.1, 0.15) is 10.4 Å². The van der Waals surface area contributed by atoms with Crippen molar-refractivity contribution in [2.45, 2.75) is 0 Å². The molecule has 1 aromatic heterocycles. The highest BCUT2D eigenvalue weighted by molar-refractivity contribution is 6.36. The van der Waals surface area contributed by atoms with Crippen molar-refractivity contribution in [2.75, 3.05) is 7.11 Å². The number of esters is 1. The van der Waals surface area contributed by atoms with Gasteiger partial charge in [-0.05, 0) is 36.4 Å². The molecule has 112 valence electrons. The molecule has 0 N–H and O–H groups in total. The summed E-state index contributed by atoms with van der Waals surface area (Å²) in [7, 11) is 1.30. The quantitative estimate of drug-likeness (QED) is 0.542. The number of hydrogen-bond acceptors (Lipinski definition) is 3. The maximum Gasteiger partial charge on any atom is 0.341 e. The number of furan rings is 1. The van der Waals surface area contributed by atoms with Crippen molar-refractivity contribution in [2.24, 2.45) is 0 Å². The summed E-state index contributed by atoms with van der Waals surface area (Å²) in [4.78, 5) is 11.9. The van der Waals surface area contributed by atoms with Crippen molar-refractivity contribution >= 4 is 51.7 Å². The van der Waals surface area contributed by atoms with Crippen molar-refractivity contribution < 1.29 is 13.9 Å². The Bertz CT molecular complexity index is 884. The molecule has 0 spiro atoms. The number of fused-ring (bicyclic) bond motifs is 1. The fourth-order valence-electron chi connectivity index (χ4n) is 2.20. The van der Waals surface area contributed by atoms with Crippen LogP contribution in [0.25, 0.3) is 22.3 Å². The number of rotatable bonds is 2. The molecule has 3 nitrogen and oxygen atoms in total. The van der Waals surface area contributed by atoms with E-state index in [9.17, 15) is 4.79 Å². The van der Waals surface area contributed by atoms with Crippen LogP contribution in [0, 0.1) is 0 Å². The summed E-state index contributed by atoms with van der Waals surface area (Å²) in [5, 5.41) is 2.09. The Kier molecular flexibility index (Phi) is 4.04. The molecule has 0 saturated heterocycles. The van der Waals surface area contributed by atoms with Crippen LogP contribution < -0.4 is 0 Å². The summed E-state index contributed by atoms with van der Waals surface area (Å²) < 4.78 is 10.5. The molecule has 0 bridgehead atoms. The van der Waals surface area contributed by atoms with Gasteiger partial charge in [-0.3, -0.25) is 0 Å². The first-order valence-corrected chi connectivity index (χ1v) is 7.40. The van der Waals surface area contributed by atoms with Gasteiger partial charge in [-0.25, -0.2) is 4.79 Å². The first-order chi connectivity index (χ1) is 10.5. The van der Waals surface area contributed by atoms with Gasteiger partial charge >= 0.3 is 5.97 Å². The van der Waals surface area contributed by atoms with Gasteiger partial charge in [-0.15, -0.1) is 0 Å². The SMILES string of the molecule is COC(=O)c1cc(Cl)cc2cc(-c3ccc(Cl)cc3Cl)oc12. The Morgan fingerprint density at radius 2 is 1.82 bits per heavy atom. The molecule has 2 aromatic carbocycles. The molecule has 0 aliphatic heterocycles. The van der Waals surface area contributed by atoms with Gasteiger partial charge in [0, 0.05) is 21.0 Å². The summed E-state index contributed by atoms with van der Waals surface area (Å²) >= 11 is 18.1. The van der Waals surface area contributed by atoms with Crippen LogP contribution in [0.4, 0.5) is 0 Å². The van der Waals surface area contributed by atoms with Crippen LogP contribution in [0.3, 0.4) is 0 Å². The number of carbonyl (C=O) groups excluding carboxylic acids is 1. The van der Waals surface area contributed by atoms with Crippen molar-refractivity contribution in [1.29, 1.82) is 0 Å². The van der Waals surface area contributed by atoms with Gasteiger partial charge in [0.1, 0.15) is 16.9 Å². The minimum absolute atomic E-state index is 0.265. The fourth-order valence-corrected chi connectivity index (χ4v) is 2.93. The largest absolute Gasteiger partial charge is 0.465 e. The molecule has 1 heterocycles. The highest BCUT2D eigenvalue weighted by atomic mass is 35.5. The standard InChI is InChI=1S/C16H9Cl3O3/c1-21-16(20)12-6-10(18)4-8-5-14(22-15(8)12)11-3-2-9(17)7-13(11)19/h2-7H,1H3. The molecule has 0 saturated carbocycles. The van der Waals surface area contributed by atoms with E-state index >= 15 is 0 Å². The predicted molar refractivity (Wildman–Crippen MR) is 88.0 cm³/mol. The number of halogens is 3. The highest BCUT2D eigenvalue weighted by Gasteiger charge is 2.18. The lowest BCUT2D eigenvalue weighted by molar-refractivity contribution is 0.0602. The average Bonchev–Trinajstić information content (AvgIpc) is 2.88. The van der Waals surface area contributed by atoms with Crippen LogP contribution in [0.5, 0.6) is 0 Å². The fraction of sp³-hybridized carbons (Fsp3) is 0.0625. The van der Waals surface area contributed by atoms with Gasteiger partial charge in [0.25, 0.3) is 0 Å². The van der Waals surface area contributed by atoms with Gasteiger partial charge in [0.2, 0.25) is 0 Å². The molecule has 0 radical (unpaired) electrons. The van der Waals surface area contributed by atoms with Crippen molar-refractivity contribution in [1.82, 2.24) is 0 Å². The molecular weight excluding hydrogens is 347 g/mol. The molecule has 0 aliphatic carbocycles. The second-order valence-electron chi connectivity index (χ2n) is 4.60. The predicted octanol–water partition coefficient (Wildman–Crippen LogP) is 5.85. The lowest BCUT2D eigenvalue weighted by Crippen LogP contribution is -2.01. The van der Waals surface area contributed by atoms with E-state index in [0.29, 0.717) is 37.4 Å². The molecular formula is C16H9Cl3O3.